The lowest BCUT2D eigenvalue weighted by atomic mass is 9.92. The standard InChI is InChI=1S/C9H22OSi/c1-5-8-9(6-2,7-3)10-11-4/h5-8,11H2,1-4H3. The monoisotopic (exact) mass is 174 g/mol. The van der Waals surface area contributed by atoms with E-state index in [4.69, 9.17) is 4.43 Å². The lowest BCUT2D eigenvalue weighted by Gasteiger charge is -2.31. The molecule has 1 nitrogen and oxygen atoms in total. The lowest BCUT2D eigenvalue weighted by molar-refractivity contribution is 0.0554. The average molecular weight is 174 g/mol. The zero-order valence-corrected chi connectivity index (χ0v) is 9.86. The molecule has 0 rings (SSSR count). The van der Waals surface area contributed by atoms with E-state index in [0.29, 0.717) is 0 Å². The molecule has 0 unspecified atom stereocenters. The predicted octanol–water partition coefficient (Wildman–Crippen LogP) is 2.49. The van der Waals surface area contributed by atoms with E-state index in [1.54, 1.807) is 0 Å². The molecule has 68 valence electrons. The highest BCUT2D eigenvalue weighted by Crippen LogP contribution is 2.25. The fourth-order valence-electron chi connectivity index (χ4n) is 1.64. The highest BCUT2D eigenvalue weighted by Gasteiger charge is 2.23. The molecule has 0 aromatic heterocycles. The molecule has 0 radical (unpaired) electrons. The van der Waals surface area contributed by atoms with Gasteiger partial charge in [0.2, 0.25) is 0 Å². The molecule has 0 fully saturated rings. The molecule has 0 saturated carbocycles. The summed E-state index contributed by atoms with van der Waals surface area (Å²) < 4.78 is 5.91. The first-order valence-electron chi connectivity index (χ1n) is 4.88. The number of rotatable bonds is 6. The third-order valence-corrected chi connectivity index (χ3v) is 3.35. The van der Waals surface area contributed by atoms with Gasteiger partial charge in [-0.25, -0.2) is 0 Å². The molecule has 0 aliphatic carbocycles. The molecule has 0 aromatic rings. The van der Waals surface area contributed by atoms with Crippen molar-refractivity contribution < 1.29 is 4.43 Å². The highest BCUT2D eigenvalue weighted by atomic mass is 28.2. The van der Waals surface area contributed by atoms with Gasteiger partial charge in [0.1, 0.15) is 0 Å². The normalized spacial score (nSPS) is 13.1. The molecule has 0 spiro atoms. The molecule has 0 aliphatic heterocycles. The summed E-state index contributed by atoms with van der Waals surface area (Å²) in [6.45, 7) is 8.93. The summed E-state index contributed by atoms with van der Waals surface area (Å²) >= 11 is 0. The minimum atomic E-state index is -0.232. The van der Waals surface area contributed by atoms with Crippen LogP contribution in [0.25, 0.3) is 0 Å². The van der Waals surface area contributed by atoms with Crippen LogP contribution < -0.4 is 0 Å². The Labute approximate surface area is 73.5 Å². The Morgan fingerprint density at radius 2 is 1.73 bits per heavy atom. The Morgan fingerprint density at radius 3 is 2.00 bits per heavy atom. The van der Waals surface area contributed by atoms with Crippen LogP contribution in [0.15, 0.2) is 0 Å². The van der Waals surface area contributed by atoms with E-state index in [1.807, 2.05) is 0 Å². The van der Waals surface area contributed by atoms with Crippen LogP contribution >= 0.6 is 0 Å². The lowest BCUT2D eigenvalue weighted by Crippen LogP contribution is -2.31. The molecule has 0 amide bonds. The first-order valence-corrected chi connectivity index (χ1v) is 6.87. The van der Waals surface area contributed by atoms with Crippen molar-refractivity contribution in [3.8, 4) is 0 Å². The van der Waals surface area contributed by atoms with E-state index in [-0.39, 0.29) is 15.4 Å². The van der Waals surface area contributed by atoms with Gasteiger partial charge in [0, 0.05) is 0 Å². The van der Waals surface area contributed by atoms with Crippen molar-refractivity contribution in [1.82, 2.24) is 0 Å². The van der Waals surface area contributed by atoms with Gasteiger partial charge >= 0.3 is 0 Å². The second-order valence-corrected chi connectivity index (χ2v) is 3.94. The van der Waals surface area contributed by atoms with Crippen molar-refractivity contribution in [3.05, 3.63) is 0 Å². The molecule has 0 atom stereocenters. The van der Waals surface area contributed by atoms with Crippen molar-refractivity contribution in [3.63, 3.8) is 0 Å². The van der Waals surface area contributed by atoms with Crippen LogP contribution in [-0.4, -0.2) is 15.4 Å². The molecule has 0 bridgehead atoms. The van der Waals surface area contributed by atoms with Gasteiger partial charge < -0.3 is 4.43 Å². The van der Waals surface area contributed by atoms with E-state index in [2.05, 4.69) is 27.3 Å². The van der Waals surface area contributed by atoms with Crippen LogP contribution in [0.2, 0.25) is 6.55 Å². The molecule has 0 aromatic carbocycles. The topological polar surface area (TPSA) is 9.23 Å². The maximum absolute atomic E-state index is 5.91. The first kappa shape index (κ1) is 11.2. The third kappa shape index (κ3) is 3.39. The maximum atomic E-state index is 5.91. The predicted molar refractivity (Wildman–Crippen MR) is 53.7 cm³/mol. The fraction of sp³-hybridized carbons (Fsp3) is 1.00. The van der Waals surface area contributed by atoms with Gasteiger partial charge in [-0.3, -0.25) is 0 Å². The molecule has 0 saturated heterocycles. The third-order valence-electron chi connectivity index (χ3n) is 2.44. The zero-order chi connectivity index (χ0) is 8.74. The van der Waals surface area contributed by atoms with E-state index in [1.165, 1.54) is 25.7 Å². The fourth-order valence-corrected chi connectivity index (χ4v) is 2.81. The molecular weight excluding hydrogens is 152 g/mol. The van der Waals surface area contributed by atoms with Crippen molar-refractivity contribution in [2.24, 2.45) is 0 Å². The molecular formula is C9H22OSi. The quantitative estimate of drug-likeness (QED) is 0.562. The summed E-state index contributed by atoms with van der Waals surface area (Å²) in [7, 11) is -0.232. The summed E-state index contributed by atoms with van der Waals surface area (Å²) in [5.41, 5.74) is 0.246. The van der Waals surface area contributed by atoms with Gasteiger partial charge in [0.15, 0.2) is 9.76 Å². The van der Waals surface area contributed by atoms with Gasteiger partial charge in [-0.2, -0.15) is 0 Å². The molecule has 0 N–H and O–H groups in total. The average Bonchev–Trinajstić information content (AvgIpc) is 2.04. The second kappa shape index (κ2) is 5.78. The van der Waals surface area contributed by atoms with Crippen LogP contribution in [0.1, 0.15) is 46.5 Å². The van der Waals surface area contributed by atoms with Crippen LogP contribution in [0.5, 0.6) is 0 Å². The Hall–Kier alpha value is 0.177. The van der Waals surface area contributed by atoms with E-state index in [9.17, 15) is 0 Å². The first-order chi connectivity index (χ1) is 5.24. The van der Waals surface area contributed by atoms with E-state index in [0.717, 1.165) is 0 Å². The van der Waals surface area contributed by atoms with Gasteiger partial charge in [0.05, 0.1) is 5.60 Å². The largest absolute Gasteiger partial charge is 0.419 e. The zero-order valence-electron chi connectivity index (χ0n) is 8.44. The van der Waals surface area contributed by atoms with Crippen LogP contribution in [0, 0.1) is 0 Å². The summed E-state index contributed by atoms with van der Waals surface area (Å²) in [5.74, 6) is 0. The Balaban J connectivity index is 3.96. The van der Waals surface area contributed by atoms with Gasteiger partial charge in [-0.05, 0) is 19.3 Å². The van der Waals surface area contributed by atoms with Crippen LogP contribution in [-0.2, 0) is 4.43 Å². The Bertz CT molecular complexity index is 81.6. The van der Waals surface area contributed by atoms with Gasteiger partial charge in [-0.15, -0.1) is 0 Å². The number of hydrogen-bond acceptors (Lipinski definition) is 1. The Morgan fingerprint density at radius 1 is 1.18 bits per heavy atom. The summed E-state index contributed by atoms with van der Waals surface area (Å²) in [6, 6.07) is 0. The minimum absolute atomic E-state index is 0.232. The molecule has 11 heavy (non-hydrogen) atoms. The smallest absolute Gasteiger partial charge is 0.159 e. The summed E-state index contributed by atoms with van der Waals surface area (Å²) in [5, 5.41) is 0. The maximum Gasteiger partial charge on any atom is 0.159 e. The van der Waals surface area contributed by atoms with Gasteiger partial charge in [-0.1, -0.05) is 33.7 Å². The summed E-state index contributed by atoms with van der Waals surface area (Å²) in [6.07, 6.45) is 4.84. The van der Waals surface area contributed by atoms with E-state index >= 15 is 0 Å². The molecule has 2 heteroatoms. The van der Waals surface area contributed by atoms with Crippen molar-refractivity contribution in [2.75, 3.05) is 0 Å². The van der Waals surface area contributed by atoms with Crippen molar-refractivity contribution in [2.45, 2.75) is 58.6 Å². The van der Waals surface area contributed by atoms with Crippen molar-refractivity contribution >= 4 is 9.76 Å². The van der Waals surface area contributed by atoms with Crippen molar-refractivity contribution in [1.29, 1.82) is 0 Å². The highest BCUT2D eigenvalue weighted by molar-refractivity contribution is 6.25. The molecule has 0 aliphatic rings. The SMILES string of the molecule is CCCC(CC)(CC)O[SiH2]C. The van der Waals surface area contributed by atoms with Gasteiger partial charge in [0.25, 0.3) is 0 Å². The van der Waals surface area contributed by atoms with Crippen LogP contribution in [0.4, 0.5) is 0 Å². The van der Waals surface area contributed by atoms with Crippen LogP contribution in [0.3, 0.4) is 0 Å². The number of hydrogen-bond donors (Lipinski definition) is 0. The van der Waals surface area contributed by atoms with E-state index < -0.39 is 0 Å². The molecule has 0 heterocycles. The second-order valence-electron chi connectivity index (χ2n) is 3.07. The summed E-state index contributed by atoms with van der Waals surface area (Å²) in [4.78, 5) is 0. The Kier molecular flexibility index (Phi) is 5.87. The minimum Gasteiger partial charge on any atom is -0.419 e.